The maximum atomic E-state index is 10.6. The van der Waals surface area contributed by atoms with Crippen LogP contribution in [0.15, 0.2) is 73.1 Å². The molecule has 3 aromatic heterocycles. The van der Waals surface area contributed by atoms with Crippen molar-refractivity contribution in [2.45, 2.75) is 43.8 Å². The Morgan fingerprint density at radius 1 is 0.720 bits per heavy atom. The number of hydrogen-bond acceptors (Lipinski definition) is 8. The second-order valence-electron chi connectivity index (χ2n) is 9.96. The van der Waals surface area contributed by atoms with Crippen molar-refractivity contribution in [2.24, 2.45) is 0 Å². The van der Waals surface area contributed by atoms with Gasteiger partial charge in [0.1, 0.15) is 0 Å². The topological polar surface area (TPSA) is 170 Å². The molecule has 4 aromatic rings. The van der Waals surface area contributed by atoms with Gasteiger partial charge in [-0.3, -0.25) is 9.88 Å². The lowest BCUT2D eigenvalue weighted by Crippen LogP contribution is -2.33. The van der Waals surface area contributed by atoms with Gasteiger partial charge in [-0.25, -0.2) is 23.9 Å². The molecule has 4 heterocycles. The van der Waals surface area contributed by atoms with Gasteiger partial charge in [-0.1, -0.05) is 24.3 Å². The van der Waals surface area contributed by atoms with Crippen molar-refractivity contribution in [2.75, 3.05) is 18.4 Å². The second kappa shape index (κ2) is 17.8. The van der Waals surface area contributed by atoms with Crippen LogP contribution in [0.3, 0.4) is 0 Å². The maximum absolute atomic E-state index is 10.6. The minimum absolute atomic E-state index is 0.417. The minimum Gasteiger partial charge on any atom is -0.475 e. The fraction of sp³-hybridized carbons (Fsp3) is 0.310. The summed E-state index contributed by atoms with van der Waals surface area (Å²) in [5.74, 6) is -6.90. The number of carbonyl (C=O) groups is 3. The van der Waals surface area contributed by atoms with E-state index in [4.69, 9.17) is 39.8 Å². The number of rotatable bonds is 5. The molecule has 1 fully saturated rings. The predicted molar refractivity (Wildman–Crippen MR) is 155 cm³/mol. The number of nitrogens with one attached hydrogen (secondary N) is 1. The van der Waals surface area contributed by atoms with Crippen LogP contribution in [0.1, 0.15) is 30.3 Å². The summed E-state index contributed by atoms with van der Waals surface area (Å²) in [7, 11) is 0. The SMILES string of the molecule is O=C(O)C(F)(F)F.O=C(O)C(F)(F)F.O=C(O)C(F)(F)F.c1ccc(Nc2ccc3nc(C4CCN(Cc5ccccn5)CC4)nn3c2)cc1. The number of hydrogen-bond donors (Lipinski definition) is 4. The molecule has 272 valence electrons. The van der Waals surface area contributed by atoms with Crippen LogP contribution in [-0.2, 0) is 20.9 Å². The molecular formula is C29H27F9N6O6. The molecule has 5 rings (SSSR count). The van der Waals surface area contributed by atoms with Crippen molar-refractivity contribution in [1.82, 2.24) is 24.5 Å². The zero-order valence-electron chi connectivity index (χ0n) is 25.2. The molecule has 12 nitrogen and oxygen atoms in total. The van der Waals surface area contributed by atoms with E-state index in [0.717, 1.165) is 61.0 Å². The first-order valence-electron chi connectivity index (χ1n) is 13.9. The van der Waals surface area contributed by atoms with E-state index in [1.165, 1.54) is 0 Å². The molecule has 0 saturated carbocycles. The maximum Gasteiger partial charge on any atom is 0.490 e. The Morgan fingerprint density at radius 2 is 1.22 bits per heavy atom. The highest BCUT2D eigenvalue weighted by atomic mass is 19.4. The van der Waals surface area contributed by atoms with Crippen LogP contribution < -0.4 is 5.32 Å². The van der Waals surface area contributed by atoms with Crippen LogP contribution in [0, 0.1) is 0 Å². The number of alkyl halides is 9. The third-order valence-corrected chi connectivity index (χ3v) is 6.20. The Balaban J connectivity index is 0.000000338. The Morgan fingerprint density at radius 3 is 1.68 bits per heavy atom. The highest BCUT2D eigenvalue weighted by molar-refractivity contribution is 5.73. The highest BCUT2D eigenvalue weighted by Crippen LogP contribution is 2.27. The smallest absolute Gasteiger partial charge is 0.475 e. The number of piperidine rings is 1. The Hall–Kier alpha value is -5.47. The van der Waals surface area contributed by atoms with E-state index < -0.39 is 36.4 Å². The molecule has 1 saturated heterocycles. The number of aliphatic carboxylic acids is 3. The summed E-state index contributed by atoms with van der Waals surface area (Å²) in [5, 5.41) is 29.6. The lowest BCUT2D eigenvalue weighted by Gasteiger charge is -2.30. The van der Waals surface area contributed by atoms with E-state index in [9.17, 15) is 39.5 Å². The lowest BCUT2D eigenvalue weighted by atomic mass is 9.96. The third kappa shape index (κ3) is 14.3. The van der Waals surface area contributed by atoms with Gasteiger partial charge in [0.05, 0.1) is 17.6 Å². The molecule has 4 N–H and O–H groups in total. The Labute approximate surface area is 275 Å². The lowest BCUT2D eigenvalue weighted by molar-refractivity contribution is -0.193. The summed E-state index contributed by atoms with van der Waals surface area (Å²) in [5.41, 5.74) is 4.10. The number of benzene rings is 1. The van der Waals surface area contributed by atoms with Gasteiger partial charge < -0.3 is 20.6 Å². The van der Waals surface area contributed by atoms with E-state index in [-0.39, 0.29) is 0 Å². The second-order valence-corrected chi connectivity index (χ2v) is 9.96. The molecule has 0 unspecified atom stereocenters. The quantitative estimate of drug-likeness (QED) is 0.174. The number of carboxylic acid groups (broad SMARTS) is 3. The van der Waals surface area contributed by atoms with E-state index in [1.54, 1.807) is 0 Å². The fourth-order valence-electron chi connectivity index (χ4n) is 3.91. The molecule has 0 radical (unpaired) electrons. The van der Waals surface area contributed by atoms with Gasteiger partial charge in [-0.2, -0.15) is 44.6 Å². The van der Waals surface area contributed by atoms with Gasteiger partial charge in [0, 0.05) is 24.3 Å². The van der Waals surface area contributed by atoms with E-state index in [0.29, 0.717) is 5.92 Å². The first-order chi connectivity index (χ1) is 23.2. The number of anilines is 2. The zero-order chi connectivity index (χ0) is 37.7. The van der Waals surface area contributed by atoms with E-state index in [2.05, 4.69) is 45.5 Å². The van der Waals surface area contributed by atoms with Gasteiger partial charge in [-0.15, -0.1) is 0 Å². The molecule has 0 amide bonds. The number of fused-ring (bicyclic) bond motifs is 1. The first kappa shape index (κ1) is 40.7. The number of halogens is 9. The average Bonchev–Trinajstić information content (AvgIpc) is 3.46. The first-order valence-corrected chi connectivity index (χ1v) is 13.9. The molecule has 21 heteroatoms. The number of likely N-dealkylation sites (tertiary alicyclic amines) is 1. The minimum atomic E-state index is -5.08. The molecule has 0 bridgehead atoms. The van der Waals surface area contributed by atoms with Crippen LogP contribution in [0.25, 0.3) is 5.65 Å². The number of para-hydroxylation sites is 1. The number of aromatic nitrogens is 4. The number of nitrogens with zero attached hydrogens (tertiary/aromatic N) is 5. The van der Waals surface area contributed by atoms with Gasteiger partial charge in [0.25, 0.3) is 0 Å². The summed E-state index contributed by atoms with van der Waals surface area (Å²) in [6.45, 7) is 3.02. The summed E-state index contributed by atoms with van der Waals surface area (Å²) in [4.78, 5) is 38.4. The van der Waals surface area contributed by atoms with E-state index >= 15 is 0 Å². The van der Waals surface area contributed by atoms with Crippen molar-refractivity contribution >= 4 is 34.9 Å². The number of carboxylic acids is 3. The van der Waals surface area contributed by atoms with Crippen LogP contribution >= 0.6 is 0 Å². The van der Waals surface area contributed by atoms with Crippen LogP contribution in [0.5, 0.6) is 0 Å². The normalized spacial score (nSPS) is 13.8. The van der Waals surface area contributed by atoms with Gasteiger partial charge in [0.2, 0.25) is 0 Å². The third-order valence-electron chi connectivity index (χ3n) is 6.20. The molecule has 0 aliphatic carbocycles. The molecule has 0 spiro atoms. The monoisotopic (exact) mass is 726 g/mol. The highest BCUT2D eigenvalue weighted by Gasteiger charge is 2.39. The molecular weight excluding hydrogens is 699 g/mol. The summed E-state index contributed by atoms with van der Waals surface area (Å²) < 4.78 is 97.1. The van der Waals surface area contributed by atoms with Crippen molar-refractivity contribution in [1.29, 1.82) is 0 Å². The standard InChI is InChI=1S/C23H24N6.3C2HF3O2/c1-2-6-19(7-3-1)25-21-9-10-22-26-23(27-29(22)17-21)18-11-14-28(15-12-18)16-20-8-4-5-13-24-20;3*3-2(4,5)1(6)7/h1-10,13,17-18,25H,11-12,14-16H2;3*(H,6,7). The summed E-state index contributed by atoms with van der Waals surface area (Å²) >= 11 is 0. The summed E-state index contributed by atoms with van der Waals surface area (Å²) in [6, 6.07) is 20.3. The van der Waals surface area contributed by atoms with Crippen LogP contribution in [-0.4, -0.2) is 89.3 Å². The molecule has 1 aliphatic rings. The summed E-state index contributed by atoms with van der Waals surface area (Å²) in [6.07, 6.45) is -9.21. The van der Waals surface area contributed by atoms with Crippen molar-refractivity contribution in [3.63, 3.8) is 0 Å². The van der Waals surface area contributed by atoms with Crippen LogP contribution in [0.4, 0.5) is 50.9 Å². The Kier molecular flexibility index (Phi) is 14.5. The molecule has 0 atom stereocenters. The largest absolute Gasteiger partial charge is 0.490 e. The van der Waals surface area contributed by atoms with Gasteiger partial charge in [-0.05, 0) is 62.3 Å². The fourth-order valence-corrected chi connectivity index (χ4v) is 3.91. The van der Waals surface area contributed by atoms with Crippen molar-refractivity contribution < 1.29 is 69.2 Å². The van der Waals surface area contributed by atoms with Crippen molar-refractivity contribution in [3.8, 4) is 0 Å². The molecule has 1 aliphatic heterocycles. The zero-order valence-corrected chi connectivity index (χ0v) is 25.2. The van der Waals surface area contributed by atoms with Gasteiger partial charge >= 0.3 is 36.4 Å². The number of pyridine rings is 2. The Bertz CT molecular complexity index is 1620. The van der Waals surface area contributed by atoms with Gasteiger partial charge in [0.15, 0.2) is 11.5 Å². The van der Waals surface area contributed by atoms with E-state index in [1.807, 2.05) is 47.2 Å². The molecule has 1 aromatic carbocycles. The molecule has 50 heavy (non-hydrogen) atoms. The van der Waals surface area contributed by atoms with Crippen LogP contribution in [0.2, 0.25) is 0 Å². The average molecular weight is 727 g/mol. The van der Waals surface area contributed by atoms with Crippen molar-refractivity contribution in [3.05, 3.63) is 84.6 Å². The predicted octanol–water partition coefficient (Wildman–Crippen LogP) is 6.15.